The van der Waals surface area contributed by atoms with Crippen LogP contribution in [0.1, 0.15) is 40.5 Å². The number of hydrogen-bond acceptors (Lipinski definition) is 4. The van der Waals surface area contributed by atoms with Crippen LogP contribution in [0.5, 0.6) is 0 Å². The van der Waals surface area contributed by atoms with Gasteiger partial charge in [-0.2, -0.15) is 0 Å². The molecular formula is C13H20O4. The number of epoxide rings is 1. The normalized spacial score (nSPS) is 43.5. The largest absolute Gasteiger partial charge is 0.363 e. The van der Waals surface area contributed by atoms with Crippen molar-refractivity contribution in [3.63, 3.8) is 0 Å². The van der Waals surface area contributed by atoms with Crippen LogP contribution in [0.2, 0.25) is 0 Å². The minimum atomic E-state index is -0.950. The first-order valence-electron chi connectivity index (χ1n) is 5.99. The highest BCUT2D eigenvalue weighted by atomic mass is 17.1. The Kier molecular flexibility index (Phi) is 2.73. The van der Waals surface area contributed by atoms with Crippen LogP contribution in [-0.4, -0.2) is 28.3 Å². The lowest BCUT2D eigenvalue weighted by Crippen LogP contribution is -2.58. The van der Waals surface area contributed by atoms with Gasteiger partial charge in [-0.3, -0.25) is 10.1 Å². The molecule has 1 saturated heterocycles. The van der Waals surface area contributed by atoms with E-state index in [2.05, 4.69) is 0 Å². The molecule has 0 aromatic rings. The first kappa shape index (κ1) is 12.7. The second kappa shape index (κ2) is 3.64. The van der Waals surface area contributed by atoms with E-state index in [-0.39, 0.29) is 17.3 Å². The Hall–Kier alpha value is -0.710. The second-order valence-electron chi connectivity index (χ2n) is 5.91. The third kappa shape index (κ3) is 1.58. The lowest BCUT2D eigenvalue weighted by Gasteiger charge is -2.47. The van der Waals surface area contributed by atoms with Gasteiger partial charge in [0, 0.05) is 5.41 Å². The molecule has 0 aromatic carbocycles. The molecule has 2 rings (SSSR count). The molecule has 96 valence electrons. The van der Waals surface area contributed by atoms with Crippen molar-refractivity contribution in [2.75, 3.05) is 0 Å². The molecule has 4 heteroatoms. The maximum atomic E-state index is 11.1. The molecule has 3 unspecified atom stereocenters. The van der Waals surface area contributed by atoms with Crippen molar-refractivity contribution in [3.05, 3.63) is 12.2 Å². The monoisotopic (exact) mass is 240 g/mol. The quantitative estimate of drug-likeness (QED) is 0.356. The van der Waals surface area contributed by atoms with Gasteiger partial charge in [0.05, 0.1) is 6.10 Å². The van der Waals surface area contributed by atoms with Gasteiger partial charge in [0.25, 0.3) is 0 Å². The third-order valence-electron chi connectivity index (χ3n) is 4.42. The highest BCUT2D eigenvalue weighted by molar-refractivity contribution is 5.87. The standard InChI is InChI=1S/C13H20O4/c1-9(14)5-8-13(17-15)11(2,3)7-6-10-12(13,4)16-10/h5,8,10,15H,6-7H2,1-4H3/b8-5+. The van der Waals surface area contributed by atoms with Crippen LogP contribution in [0.4, 0.5) is 0 Å². The van der Waals surface area contributed by atoms with Crippen molar-refractivity contribution in [2.45, 2.75) is 57.8 Å². The molecule has 2 aliphatic rings. The summed E-state index contributed by atoms with van der Waals surface area (Å²) in [5.41, 5.74) is -1.76. The summed E-state index contributed by atoms with van der Waals surface area (Å²) in [6.07, 6.45) is 5.07. The van der Waals surface area contributed by atoms with Crippen molar-refractivity contribution < 1.29 is 19.7 Å². The van der Waals surface area contributed by atoms with E-state index < -0.39 is 11.2 Å². The average molecular weight is 240 g/mol. The van der Waals surface area contributed by atoms with E-state index in [1.54, 1.807) is 6.08 Å². The Morgan fingerprint density at radius 2 is 2.12 bits per heavy atom. The fourth-order valence-electron chi connectivity index (χ4n) is 3.14. The summed E-state index contributed by atoms with van der Waals surface area (Å²) in [5.74, 6) is -0.0661. The molecule has 0 spiro atoms. The molecule has 1 aliphatic carbocycles. The van der Waals surface area contributed by atoms with Gasteiger partial charge in [-0.25, -0.2) is 4.89 Å². The molecule has 4 nitrogen and oxygen atoms in total. The Balaban J connectivity index is 2.43. The van der Waals surface area contributed by atoms with Gasteiger partial charge in [-0.05, 0) is 38.8 Å². The third-order valence-corrected chi connectivity index (χ3v) is 4.42. The molecule has 2 fully saturated rings. The number of allylic oxidation sites excluding steroid dienone is 1. The molecule has 1 heterocycles. The molecule has 1 N–H and O–H groups in total. The summed E-state index contributed by atoms with van der Waals surface area (Å²) in [6, 6.07) is 0. The van der Waals surface area contributed by atoms with Crippen LogP contribution in [0, 0.1) is 5.41 Å². The molecule has 0 aromatic heterocycles. The van der Waals surface area contributed by atoms with Gasteiger partial charge < -0.3 is 4.74 Å². The van der Waals surface area contributed by atoms with E-state index in [0.29, 0.717) is 0 Å². The van der Waals surface area contributed by atoms with Crippen molar-refractivity contribution in [2.24, 2.45) is 5.41 Å². The summed E-state index contributed by atoms with van der Waals surface area (Å²) in [6.45, 7) is 7.46. The Morgan fingerprint density at radius 1 is 1.47 bits per heavy atom. The maximum Gasteiger partial charge on any atom is 0.158 e. The van der Waals surface area contributed by atoms with E-state index in [0.717, 1.165) is 12.8 Å². The molecule has 17 heavy (non-hydrogen) atoms. The summed E-state index contributed by atoms with van der Waals surface area (Å²) in [5, 5.41) is 9.41. The van der Waals surface area contributed by atoms with Gasteiger partial charge in [0.2, 0.25) is 0 Å². The number of fused-ring (bicyclic) bond motifs is 1. The van der Waals surface area contributed by atoms with Gasteiger partial charge in [-0.15, -0.1) is 0 Å². The summed E-state index contributed by atoms with van der Waals surface area (Å²) < 4.78 is 5.69. The SMILES string of the molecule is CC(=O)/C=C/C1(OO)C(C)(C)CCC2OC21C. The average Bonchev–Trinajstić information content (AvgIpc) is 2.89. The highest BCUT2D eigenvalue weighted by Crippen LogP contribution is 2.62. The fraction of sp³-hybridized carbons (Fsp3) is 0.769. The zero-order chi connectivity index (χ0) is 12.9. The van der Waals surface area contributed by atoms with Gasteiger partial charge in [0.1, 0.15) is 5.60 Å². The first-order chi connectivity index (χ1) is 7.79. The van der Waals surface area contributed by atoms with E-state index >= 15 is 0 Å². The van der Waals surface area contributed by atoms with Crippen LogP contribution >= 0.6 is 0 Å². The number of ether oxygens (including phenoxy) is 1. The summed E-state index contributed by atoms with van der Waals surface area (Å²) >= 11 is 0. The lowest BCUT2D eigenvalue weighted by molar-refractivity contribution is -0.352. The van der Waals surface area contributed by atoms with Crippen molar-refractivity contribution in [1.82, 2.24) is 0 Å². The number of hydrogen-bond donors (Lipinski definition) is 1. The van der Waals surface area contributed by atoms with Gasteiger partial charge >= 0.3 is 0 Å². The predicted octanol–water partition coefficient (Wildman–Crippen LogP) is 2.34. The number of carbonyl (C=O) groups excluding carboxylic acids is 1. The van der Waals surface area contributed by atoms with Crippen LogP contribution in [-0.2, 0) is 14.4 Å². The van der Waals surface area contributed by atoms with Crippen LogP contribution in [0.25, 0.3) is 0 Å². The van der Waals surface area contributed by atoms with Crippen LogP contribution in [0.3, 0.4) is 0 Å². The minimum Gasteiger partial charge on any atom is -0.363 e. The molecular weight excluding hydrogens is 220 g/mol. The molecule has 0 radical (unpaired) electrons. The van der Waals surface area contributed by atoms with Gasteiger partial charge in [-0.1, -0.05) is 13.8 Å². The fourth-order valence-corrected chi connectivity index (χ4v) is 3.14. The van der Waals surface area contributed by atoms with Gasteiger partial charge in [0.15, 0.2) is 11.4 Å². The van der Waals surface area contributed by atoms with Crippen molar-refractivity contribution in [1.29, 1.82) is 0 Å². The summed E-state index contributed by atoms with van der Waals surface area (Å²) in [4.78, 5) is 16.0. The Labute approximate surface area is 102 Å². The number of rotatable bonds is 3. The zero-order valence-corrected chi connectivity index (χ0v) is 10.8. The van der Waals surface area contributed by atoms with Crippen molar-refractivity contribution >= 4 is 5.78 Å². The van der Waals surface area contributed by atoms with E-state index in [4.69, 9.17) is 9.62 Å². The van der Waals surface area contributed by atoms with Crippen LogP contribution < -0.4 is 0 Å². The molecule has 0 amide bonds. The summed E-state index contributed by atoms with van der Waals surface area (Å²) in [7, 11) is 0. The first-order valence-corrected chi connectivity index (χ1v) is 5.99. The molecule has 1 aliphatic heterocycles. The van der Waals surface area contributed by atoms with E-state index in [1.807, 2.05) is 20.8 Å². The van der Waals surface area contributed by atoms with Crippen LogP contribution in [0.15, 0.2) is 12.2 Å². The Morgan fingerprint density at radius 3 is 2.65 bits per heavy atom. The second-order valence-corrected chi connectivity index (χ2v) is 5.91. The van der Waals surface area contributed by atoms with Crippen molar-refractivity contribution in [3.8, 4) is 0 Å². The number of carbonyl (C=O) groups is 1. The molecule has 1 saturated carbocycles. The Bertz CT molecular complexity index is 367. The van der Waals surface area contributed by atoms with E-state index in [1.165, 1.54) is 13.0 Å². The highest BCUT2D eigenvalue weighted by Gasteiger charge is 2.73. The molecule has 3 atom stereocenters. The molecule has 0 bridgehead atoms. The maximum absolute atomic E-state index is 11.1. The minimum absolute atomic E-state index is 0.0661. The van der Waals surface area contributed by atoms with E-state index in [9.17, 15) is 10.1 Å². The smallest absolute Gasteiger partial charge is 0.158 e. The topological polar surface area (TPSA) is 59.1 Å². The lowest BCUT2D eigenvalue weighted by atomic mass is 9.60. The zero-order valence-electron chi connectivity index (χ0n) is 10.8. The predicted molar refractivity (Wildman–Crippen MR) is 62.6 cm³/mol. The number of ketones is 1.